The molecule has 0 radical (unpaired) electrons. The first-order valence-corrected chi connectivity index (χ1v) is 7.48. The van der Waals surface area contributed by atoms with Crippen molar-refractivity contribution >= 4 is 6.09 Å². The highest BCUT2D eigenvalue weighted by molar-refractivity contribution is 5.71. The fourth-order valence-electron chi connectivity index (χ4n) is 2.84. The van der Waals surface area contributed by atoms with Gasteiger partial charge in [-0.1, -0.05) is 66.7 Å². The molecule has 1 saturated heterocycles. The number of carbonyl (C=O) groups is 1. The maximum atomic E-state index is 12.3. The Morgan fingerprint density at radius 2 is 1.68 bits per heavy atom. The Labute approximate surface area is 130 Å². The van der Waals surface area contributed by atoms with Crippen molar-refractivity contribution in [2.45, 2.75) is 25.6 Å². The molecule has 0 spiro atoms. The molecule has 3 rings (SSSR count). The van der Waals surface area contributed by atoms with Crippen molar-refractivity contribution in [1.82, 2.24) is 4.90 Å². The highest BCUT2D eigenvalue weighted by Crippen LogP contribution is 2.35. The molecule has 1 fully saturated rings. The van der Waals surface area contributed by atoms with Gasteiger partial charge in [-0.25, -0.2) is 4.79 Å². The average molecular weight is 293 g/mol. The first-order chi connectivity index (χ1) is 10.8. The second-order valence-corrected chi connectivity index (χ2v) is 5.34. The minimum absolute atomic E-state index is 0.0925. The van der Waals surface area contributed by atoms with Gasteiger partial charge in [-0.3, -0.25) is 4.90 Å². The molecule has 1 aliphatic heterocycles. The summed E-state index contributed by atoms with van der Waals surface area (Å²) in [6.45, 7) is 2.49. The van der Waals surface area contributed by atoms with E-state index in [-0.39, 0.29) is 18.2 Å². The molecular weight excluding hydrogens is 274 g/mol. The van der Waals surface area contributed by atoms with E-state index >= 15 is 0 Å². The largest absolute Gasteiger partial charge is 0.439 e. The number of allylic oxidation sites excluding steroid dienone is 1. The standard InChI is InChI=1S/C19H19NO2/c1-2-9-17-18(16-12-7-4-8-13-16)20(19(21)22-17)14-15-10-5-3-6-11-15/h2-13,17-18H,14H2,1H3/b9-2-. The Hall–Kier alpha value is -2.55. The van der Waals surface area contributed by atoms with Crippen LogP contribution in [0.1, 0.15) is 24.1 Å². The van der Waals surface area contributed by atoms with Crippen LogP contribution in [0.25, 0.3) is 0 Å². The van der Waals surface area contributed by atoms with Gasteiger partial charge >= 0.3 is 6.09 Å². The third-order valence-electron chi connectivity index (χ3n) is 3.84. The van der Waals surface area contributed by atoms with Crippen molar-refractivity contribution in [1.29, 1.82) is 0 Å². The van der Waals surface area contributed by atoms with E-state index in [1.165, 1.54) is 0 Å². The zero-order valence-electron chi connectivity index (χ0n) is 12.6. The van der Waals surface area contributed by atoms with Gasteiger partial charge in [-0.2, -0.15) is 0 Å². The van der Waals surface area contributed by atoms with Crippen LogP contribution in [0, 0.1) is 0 Å². The van der Waals surface area contributed by atoms with E-state index in [0.717, 1.165) is 11.1 Å². The zero-order valence-corrected chi connectivity index (χ0v) is 12.6. The summed E-state index contributed by atoms with van der Waals surface area (Å²) in [7, 11) is 0. The molecule has 0 aliphatic carbocycles. The molecule has 3 nitrogen and oxygen atoms in total. The minimum Gasteiger partial charge on any atom is -0.439 e. The lowest BCUT2D eigenvalue weighted by molar-refractivity contribution is 0.144. The van der Waals surface area contributed by atoms with E-state index in [4.69, 9.17) is 4.74 Å². The molecule has 0 bridgehead atoms. The Bertz CT molecular complexity index is 652. The lowest BCUT2D eigenvalue weighted by Crippen LogP contribution is -2.28. The third kappa shape index (κ3) is 2.89. The minimum atomic E-state index is -0.263. The average Bonchev–Trinajstić information content (AvgIpc) is 2.85. The summed E-state index contributed by atoms with van der Waals surface area (Å²) < 4.78 is 5.55. The van der Waals surface area contributed by atoms with Crippen molar-refractivity contribution in [2.24, 2.45) is 0 Å². The number of amides is 1. The van der Waals surface area contributed by atoms with Crippen LogP contribution in [0.15, 0.2) is 72.8 Å². The number of cyclic esters (lactones) is 1. The fraction of sp³-hybridized carbons (Fsp3) is 0.211. The third-order valence-corrected chi connectivity index (χ3v) is 3.84. The quantitative estimate of drug-likeness (QED) is 0.785. The first-order valence-electron chi connectivity index (χ1n) is 7.48. The number of carbonyl (C=O) groups excluding carboxylic acids is 1. The van der Waals surface area contributed by atoms with E-state index in [1.807, 2.05) is 79.7 Å². The lowest BCUT2D eigenvalue weighted by atomic mass is 10.00. The molecule has 1 heterocycles. The van der Waals surface area contributed by atoms with Crippen LogP contribution in [0.4, 0.5) is 4.79 Å². The highest BCUT2D eigenvalue weighted by Gasteiger charge is 2.41. The summed E-state index contributed by atoms with van der Waals surface area (Å²) in [6, 6.07) is 20.0. The Kier molecular flexibility index (Phi) is 4.24. The molecule has 112 valence electrons. The summed E-state index contributed by atoms with van der Waals surface area (Å²) >= 11 is 0. The molecule has 2 atom stereocenters. The monoisotopic (exact) mass is 293 g/mol. The van der Waals surface area contributed by atoms with Gasteiger partial charge in [0, 0.05) is 6.54 Å². The molecule has 1 amide bonds. The van der Waals surface area contributed by atoms with Gasteiger partial charge in [0.15, 0.2) is 0 Å². The van der Waals surface area contributed by atoms with Crippen molar-refractivity contribution in [3.63, 3.8) is 0 Å². The summed E-state index contributed by atoms with van der Waals surface area (Å²) in [5, 5.41) is 0. The fourth-order valence-corrected chi connectivity index (χ4v) is 2.84. The number of hydrogen-bond donors (Lipinski definition) is 0. The molecule has 0 saturated carbocycles. The van der Waals surface area contributed by atoms with Crippen molar-refractivity contribution in [3.8, 4) is 0 Å². The predicted octanol–water partition coefficient (Wildman–Crippen LogP) is 4.32. The van der Waals surface area contributed by atoms with Gasteiger partial charge in [-0.15, -0.1) is 0 Å². The van der Waals surface area contributed by atoms with E-state index in [2.05, 4.69) is 0 Å². The van der Waals surface area contributed by atoms with Crippen LogP contribution in [-0.4, -0.2) is 17.1 Å². The zero-order chi connectivity index (χ0) is 15.4. The molecule has 0 aromatic heterocycles. The topological polar surface area (TPSA) is 29.5 Å². The van der Waals surface area contributed by atoms with Crippen molar-refractivity contribution in [3.05, 3.63) is 83.9 Å². The van der Waals surface area contributed by atoms with Gasteiger partial charge in [0.25, 0.3) is 0 Å². The summed E-state index contributed by atoms with van der Waals surface area (Å²) in [5.41, 5.74) is 2.19. The van der Waals surface area contributed by atoms with E-state index in [9.17, 15) is 4.79 Å². The summed E-state index contributed by atoms with van der Waals surface area (Å²) in [5.74, 6) is 0. The smallest absolute Gasteiger partial charge is 0.411 e. The molecule has 2 unspecified atom stereocenters. The van der Waals surface area contributed by atoms with Crippen LogP contribution in [0.5, 0.6) is 0 Å². The van der Waals surface area contributed by atoms with Gasteiger partial charge < -0.3 is 4.74 Å². The second kappa shape index (κ2) is 6.48. The van der Waals surface area contributed by atoms with Gasteiger partial charge in [0.2, 0.25) is 0 Å². The van der Waals surface area contributed by atoms with Crippen LogP contribution in [-0.2, 0) is 11.3 Å². The van der Waals surface area contributed by atoms with E-state index in [0.29, 0.717) is 6.54 Å². The Balaban J connectivity index is 1.93. The van der Waals surface area contributed by atoms with Crippen LogP contribution >= 0.6 is 0 Å². The molecule has 22 heavy (non-hydrogen) atoms. The molecule has 0 N–H and O–H groups in total. The maximum absolute atomic E-state index is 12.3. The Morgan fingerprint density at radius 3 is 2.32 bits per heavy atom. The molecule has 2 aromatic carbocycles. The molecule has 1 aliphatic rings. The summed E-state index contributed by atoms with van der Waals surface area (Å²) in [6.07, 6.45) is 3.37. The van der Waals surface area contributed by atoms with Gasteiger partial charge in [-0.05, 0) is 24.1 Å². The number of hydrogen-bond acceptors (Lipinski definition) is 2. The highest BCUT2D eigenvalue weighted by atomic mass is 16.6. The number of rotatable bonds is 4. The molecule has 3 heteroatoms. The maximum Gasteiger partial charge on any atom is 0.411 e. The van der Waals surface area contributed by atoms with E-state index in [1.54, 1.807) is 4.90 Å². The van der Waals surface area contributed by atoms with Crippen LogP contribution in [0.2, 0.25) is 0 Å². The first kappa shape index (κ1) is 14.4. The molecular formula is C19H19NO2. The lowest BCUT2D eigenvalue weighted by Gasteiger charge is -2.24. The number of nitrogens with zero attached hydrogens (tertiary/aromatic N) is 1. The van der Waals surface area contributed by atoms with Gasteiger partial charge in [0.05, 0.1) is 0 Å². The van der Waals surface area contributed by atoms with E-state index < -0.39 is 0 Å². The number of benzene rings is 2. The summed E-state index contributed by atoms with van der Waals surface area (Å²) in [4.78, 5) is 14.1. The van der Waals surface area contributed by atoms with Gasteiger partial charge in [0.1, 0.15) is 12.1 Å². The van der Waals surface area contributed by atoms with Crippen molar-refractivity contribution in [2.75, 3.05) is 0 Å². The predicted molar refractivity (Wildman–Crippen MR) is 86.3 cm³/mol. The van der Waals surface area contributed by atoms with Crippen LogP contribution in [0.3, 0.4) is 0 Å². The second-order valence-electron chi connectivity index (χ2n) is 5.34. The normalized spacial score (nSPS) is 21.3. The SMILES string of the molecule is C/C=C\C1OC(=O)N(Cc2ccccc2)C1c1ccccc1. The Morgan fingerprint density at radius 1 is 1.05 bits per heavy atom. The van der Waals surface area contributed by atoms with Crippen molar-refractivity contribution < 1.29 is 9.53 Å². The molecule has 2 aromatic rings. The van der Waals surface area contributed by atoms with Crippen LogP contribution < -0.4 is 0 Å². The number of ether oxygens (including phenoxy) is 1.